The predicted octanol–water partition coefficient (Wildman–Crippen LogP) is 2.93. The molecule has 0 amide bonds. The van der Waals surface area contributed by atoms with Gasteiger partial charge in [-0.2, -0.15) is 0 Å². The van der Waals surface area contributed by atoms with Crippen LogP contribution >= 0.6 is 0 Å². The van der Waals surface area contributed by atoms with Crippen LogP contribution in [0, 0.1) is 5.92 Å². The van der Waals surface area contributed by atoms with Crippen LogP contribution in [0.3, 0.4) is 0 Å². The summed E-state index contributed by atoms with van der Waals surface area (Å²) < 4.78 is 0. The molecule has 0 unspecified atom stereocenters. The average Bonchev–Trinajstić information content (AvgIpc) is 2.42. The van der Waals surface area contributed by atoms with Crippen LogP contribution in [0.2, 0.25) is 0 Å². The van der Waals surface area contributed by atoms with Crippen LogP contribution in [-0.2, 0) is 6.54 Å². The lowest BCUT2D eigenvalue weighted by atomic mass is 10.1. The summed E-state index contributed by atoms with van der Waals surface area (Å²) in [6, 6.07) is 4.19. The van der Waals surface area contributed by atoms with Crippen LogP contribution in [-0.4, -0.2) is 36.1 Å². The van der Waals surface area contributed by atoms with Crippen molar-refractivity contribution < 1.29 is 0 Å². The highest BCUT2D eigenvalue weighted by atomic mass is 15.1. The molecule has 0 atom stereocenters. The molecule has 0 spiro atoms. The molecule has 0 aliphatic rings. The van der Waals surface area contributed by atoms with Crippen molar-refractivity contribution in [1.82, 2.24) is 15.2 Å². The molecule has 1 aromatic heterocycles. The van der Waals surface area contributed by atoms with E-state index in [4.69, 9.17) is 0 Å². The number of nitrogens with one attached hydrogen (secondary N) is 1. The molecule has 0 aliphatic carbocycles. The highest BCUT2D eigenvalue weighted by molar-refractivity contribution is 5.09. The molecule has 108 valence electrons. The van der Waals surface area contributed by atoms with Crippen molar-refractivity contribution in [3.8, 4) is 0 Å². The Morgan fingerprint density at radius 2 is 1.95 bits per heavy atom. The van der Waals surface area contributed by atoms with E-state index in [2.05, 4.69) is 48.1 Å². The van der Waals surface area contributed by atoms with Gasteiger partial charge in [-0.3, -0.25) is 9.88 Å². The van der Waals surface area contributed by atoms with Gasteiger partial charge in [0.1, 0.15) is 0 Å². The maximum atomic E-state index is 4.06. The molecule has 0 bridgehead atoms. The highest BCUT2D eigenvalue weighted by Crippen LogP contribution is 2.03. The molecule has 1 aromatic rings. The zero-order valence-electron chi connectivity index (χ0n) is 12.7. The van der Waals surface area contributed by atoms with Crippen molar-refractivity contribution in [1.29, 1.82) is 0 Å². The Balaban J connectivity index is 2.12. The zero-order chi connectivity index (χ0) is 13.9. The van der Waals surface area contributed by atoms with E-state index in [0.29, 0.717) is 0 Å². The fraction of sp³-hybridized carbons (Fsp3) is 0.688. The van der Waals surface area contributed by atoms with Crippen LogP contribution < -0.4 is 5.32 Å². The van der Waals surface area contributed by atoms with Crippen molar-refractivity contribution in [2.24, 2.45) is 5.92 Å². The number of pyridine rings is 1. The van der Waals surface area contributed by atoms with Crippen LogP contribution in [0.25, 0.3) is 0 Å². The van der Waals surface area contributed by atoms with Gasteiger partial charge in [0, 0.05) is 32.0 Å². The Kier molecular flexibility index (Phi) is 8.43. The lowest BCUT2D eigenvalue weighted by Crippen LogP contribution is -2.32. The van der Waals surface area contributed by atoms with Gasteiger partial charge in [-0.15, -0.1) is 0 Å². The Labute approximate surface area is 118 Å². The van der Waals surface area contributed by atoms with Crippen LogP contribution in [0.4, 0.5) is 0 Å². The summed E-state index contributed by atoms with van der Waals surface area (Å²) in [5, 5.41) is 3.54. The Bertz CT molecular complexity index is 311. The third-order valence-corrected chi connectivity index (χ3v) is 3.34. The van der Waals surface area contributed by atoms with Gasteiger partial charge in [-0.05, 0) is 49.5 Å². The predicted molar refractivity (Wildman–Crippen MR) is 82.1 cm³/mol. The highest BCUT2D eigenvalue weighted by Gasteiger charge is 2.03. The number of rotatable bonds is 10. The maximum Gasteiger partial charge on any atom is 0.0271 e. The van der Waals surface area contributed by atoms with Gasteiger partial charge in [0.05, 0.1) is 0 Å². The van der Waals surface area contributed by atoms with Crippen molar-refractivity contribution >= 4 is 0 Å². The molecular weight excluding hydrogens is 234 g/mol. The quantitative estimate of drug-likeness (QED) is 0.658. The molecule has 0 saturated heterocycles. The van der Waals surface area contributed by atoms with Gasteiger partial charge in [-0.25, -0.2) is 0 Å². The summed E-state index contributed by atoms with van der Waals surface area (Å²) in [5.74, 6) is 0.820. The van der Waals surface area contributed by atoms with Crippen molar-refractivity contribution in [3.05, 3.63) is 30.1 Å². The molecule has 0 fully saturated rings. The molecule has 19 heavy (non-hydrogen) atoms. The molecule has 0 saturated carbocycles. The topological polar surface area (TPSA) is 28.2 Å². The van der Waals surface area contributed by atoms with Gasteiger partial charge < -0.3 is 5.32 Å². The van der Waals surface area contributed by atoms with Gasteiger partial charge in [-0.1, -0.05) is 20.8 Å². The summed E-state index contributed by atoms with van der Waals surface area (Å²) in [6.45, 7) is 12.2. The van der Waals surface area contributed by atoms with Gasteiger partial charge in [0.15, 0.2) is 0 Å². The molecule has 0 radical (unpaired) electrons. The first kappa shape index (κ1) is 16.1. The van der Waals surface area contributed by atoms with E-state index >= 15 is 0 Å². The first-order valence-corrected chi connectivity index (χ1v) is 7.54. The SMILES string of the molecule is CCN(CCNCCCC(C)C)Cc1ccncc1. The monoisotopic (exact) mass is 263 g/mol. The van der Waals surface area contributed by atoms with Crippen molar-refractivity contribution in [3.63, 3.8) is 0 Å². The van der Waals surface area contributed by atoms with E-state index in [1.165, 1.54) is 18.4 Å². The standard InChI is InChI=1S/C16H29N3/c1-4-19(14-16-7-10-18-11-8-16)13-12-17-9-5-6-15(2)3/h7-8,10-11,15,17H,4-6,9,12-14H2,1-3H3. The zero-order valence-corrected chi connectivity index (χ0v) is 12.7. The van der Waals surface area contributed by atoms with Gasteiger partial charge >= 0.3 is 0 Å². The Morgan fingerprint density at radius 1 is 1.21 bits per heavy atom. The second kappa shape index (κ2) is 9.93. The minimum absolute atomic E-state index is 0.820. The fourth-order valence-corrected chi connectivity index (χ4v) is 2.09. The summed E-state index contributed by atoms with van der Waals surface area (Å²) in [7, 11) is 0. The van der Waals surface area contributed by atoms with Crippen LogP contribution in [0.15, 0.2) is 24.5 Å². The summed E-state index contributed by atoms with van der Waals surface area (Å²) in [4.78, 5) is 6.52. The smallest absolute Gasteiger partial charge is 0.0271 e. The summed E-state index contributed by atoms with van der Waals surface area (Å²) in [5.41, 5.74) is 1.34. The number of hydrogen-bond donors (Lipinski definition) is 1. The molecule has 0 aromatic carbocycles. The minimum atomic E-state index is 0.820. The first-order valence-electron chi connectivity index (χ1n) is 7.54. The molecule has 3 heteroatoms. The average molecular weight is 263 g/mol. The van der Waals surface area contributed by atoms with E-state index in [9.17, 15) is 0 Å². The summed E-state index contributed by atoms with van der Waals surface area (Å²) >= 11 is 0. The van der Waals surface area contributed by atoms with Crippen LogP contribution in [0.5, 0.6) is 0 Å². The van der Waals surface area contributed by atoms with E-state index in [-0.39, 0.29) is 0 Å². The molecule has 1 rings (SSSR count). The van der Waals surface area contributed by atoms with Crippen molar-refractivity contribution in [2.75, 3.05) is 26.2 Å². The third kappa shape index (κ3) is 7.96. The normalized spacial score (nSPS) is 11.4. The van der Waals surface area contributed by atoms with E-state index < -0.39 is 0 Å². The second-order valence-electron chi connectivity index (χ2n) is 5.51. The van der Waals surface area contributed by atoms with Crippen LogP contribution in [0.1, 0.15) is 39.2 Å². The minimum Gasteiger partial charge on any atom is -0.315 e. The number of aromatic nitrogens is 1. The Morgan fingerprint density at radius 3 is 2.58 bits per heavy atom. The lowest BCUT2D eigenvalue weighted by Gasteiger charge is -2.20. The van der Waals surface area contributed by atoms with Gasteiger partial charge in [0.25, 0.3) is 0 Å². The van der Waals surface area contributed by atoms with E-state index in [0.717, 1.165) is 38.6 Å². The van der Waals surface area contributed by atoms with Crippen molar-refractivity contribution in [2.45, 2.75) is 40.2 Å². The third-order valence-electron chi connectivity index (χ3n) is 3.34. The first-order chi connectivity index (χ1) is 9.22. The largest absolute Gasteiger partial charge is 0.315 e. The Hall–Kier alpha value is -0.930. The number of hydrogen-bond acceptors (Lipinski definition) is 3. The van der Waals surface area contributed by atoms with E-state index in [1.54, 1.807) is 0 Å². The molecule has 3 nitrogen and oxygen atoms in total. The summed E-state index contributed by atoms with van der Waals surface area (Å²) in [6.07, 6.45) is 6.34. The fourth-order valence-electron chi connectivity index (χ4n) is 2.09. The van der Waals surface area contributed by atoms with E-state index in [1.807, 2.05) is 12.4 Å². The van der Waals surface area contributed by atoms with Gasteiger partial charge in [0.2, 0.25) is 0 Å². The molecule has 0 aliphatic heterocycles. The number of nitrogens with zero attached hydrogens (tertiary/aromatic N) is 2. The molecule has 1 N–H and O–H groups in total. The lowest BCUT2D eigenvalue weighted by molar-refractivity contribution is 0.278. The molecule has 1 heterocycles. The molecular formula is C16H29N3. The number of likely N-dealkylation sites (N-methyl/N-ethyl adjacent to an activating group) is 1. The maximum absolute atomic E-state index is 4.06. The second-order valence-corrected chi connectivity index (χ2v) is 5.51.